The van der Waals surface area contributed by atoms with Crippen LogP contribution in [0, 0.1) is 0 Å². The normalized spacial score (nSPS) is 18.5. The van der Waals surface area contributed by atoms with E-state index in [1.165, 1.54) is 0 Å². The van der Waals surface area contributed by atoms with Crippen LogP contribution in [-0.2, 0) is 9.53 Å². The highest BCUT2D eigenvalue weighted by atomic mass is 16.6. The molecular weight excluding hydrogens is 396 g/mol. The van der Waals surface area contributed by atoms with E-state index in [0.717, 1.165) is 16.9 Å². The summed E-state index contributed by atoms with van der Waals surface area (Å²) in [6.07, 6.45) is 3.49. The number of fused-ring (bicyclic) bond motifs is 2. The monoisotopic (exact) mass is 420 g/mol. The summed E-state index contributed by atoms with van der Waals surface area (Å²) in [4.78, 5) is 24.6. The number of hydrogen-bond donors (Lipinski definition) is 0. The van der Waals surface area contributed by atoms with E-state index >= 15 is 0 Å². The zero-order chi connectivity index (χ0) is 22.2. The average molecular weight is 420 g/mol. The van der Waals surface area contributed by atoms with Crippen LogP contribution in [-0.4, -0.2) is 30.1 Å². The van der Waals surface area contributed by atoms with Crippen LogP contribution in [0.1, 0.15) is 43.6 Å². The number of esters is 1. The van der Waals surface area contributed by atoms with Crippen molar-refractivity contribution in [1.82, 2.24) is 0 Å². The summed E-state index contributed by atoms with van der Waals surface area (Å²) < 4.78 is 22.5. The third-order valence-electron chi connectivity index (χ3n) is 4.73. The molecule has 0 aromatic heterocycles. The fourth-order valence-electron chi connectivity index (χ4n) is 3.34. The first-order valence-electron chi connectivity index (χ1n) is 10.1. The molecule has 0 radical (unpaired) electrons. The van der Waals surface area contributed by atoms with Crippen LogP contribution in [0.2, 0.25) is 0 Å². The van der Waals surface area contributed by atoms with Gasteiger partial charge in [-0.15, -0.1) is 0 Å². The molecule has 0 unspecified atom stereocenters. The Morgan fingerprint density at radius 3 is 2.68 bits per heavy atom. The molecule has 2 aliphatic rings. The van der Waals surface area contributed by atoms with Gasteiger partial charge in [-0.1, -0.05) is 18.2 Å². The van der Waals surface area contributed by atoms with Crippen LogP contribution in [0.4, 0.5) is 0 Å². The summed E-state index contributed by atoms with van der Waals surface area (Å²) in [7, 11) is 0. The smallest absolute Gasteiger partial charge is 0.344 e. The van der Waals surface area contributed by atoms with Crippen molar-refractivity contribution >= 4 is 17.8 Å². The highest BCUT2D eigenvalue weighted by molar-refractivity contribution is 6.12. The number of hydrogen-bond acceptors (Lipinski definition) is 6. The minimum atomic E-state index is -0.581. The Bertz CT molecular complexity index is 1100. The van der Waals surface area contributed by atoms with Crippen LogP contribution in [0.5, 0.6) is 17.2 Å². The van der Waals surface area contributed by atoms with E-state index in [-0.39, 0.29) is 24.3 Å². The molecular formula is C25H24O6. The lowest BCUT2D eigenvalue weighted by Gasteiger charge is -2.22. The summed E-state index contributed by atoms with van der Waals surface area (Å²) in [6.45, 7) is 7.07. The van der Waals surface area contributed by atoms with Gasteiger partial charge in [0, 0.05) is 11.6 Å². The topological polar surface area (TPSA) is 71.1 Å². The summed E-state index contributed by atoms with van der Waals surface area (Å²) in [6, 6.07) is 12.6. The molecule has 2 aromatic rings. The maximum absolute atomic E-state index is 12.8. The molecule has 0 bridgehead atoms. The van der Waals surface area contributed by atoms with Crippen molar-refractivity contribution < 1.29 is 28.5 Å². The van der Waals surface area contributed by atoms with Crippen molar-refractivity contribution in [2.24, 2.45) is 0 Å². The molecule has 0 N–H and O–H groups in total. The van der Waals surface area contributed by atoms with Gasteiger partial charge in [-0.2, -0.15) is 0 Å². The predicted octanol–water partition coefficient (Wildman–Crippen LogP) is 4.73. The van der Waals surface area contributed by atoms with Gasteiger partial charge in [-0.3, -0.25) is 4.79 Å². The zero-order valence-corrected chi connectivity index (χ0v) is 17.9. The molecule has 0 spiro atoms. The molecule has 160 valence electrons. The second kappa shape index (κ2) is 7.95. The van der Waals surface area contributed by atoms with E-state index in [1.54, 1.807) is 45.0 Å². The van der Waals surface area contributed by atoms with Crippen LogP contribution in [0.15, 0.2) is 59.9 Å². The lowest BCUT2D eigenvalue weighted by Crippen LogP contribution is -2.27. The number of rotatable bonds is 4. The fourth-order valence-corrected chi connectivity index (χ4v) is 3.34. The Morgan fingerprint density at radius 1 is 1.13 bits per heavy atom. The van der Waals surface area contributed by atoms with Gasteiger partial charge in [-0.05, 0) is 63.6 Å². The second-order valence-corrected chi connectivity index (χ2v) is 8.42. The van der Waals surface area contributed by atoms with Gasteiger partial charge < -0.3 is 18.9 Å². The number of para-hydroxylation sites is 1. The van der Waals surface area contributed by atoms with Crippen LogP contribution >= 0.6 is 0 Å². The van der Waals surface area contributed by atoms with Gasteiger partial charge >= 0.3 is 5.97 Å². The molecule has 0 aliphatic carbocycles. The molecule has 2 aromatic carbocycles. The SMILES string of the molecule is C[C@@H]1Oc2ccccc2C=C1C=C1Oc2cc(OCC(=O)OC(C)(C)C)ccc2C1=O. The average Bonchev–Trinajstić information content (AvgIpc) is 3.00. The molecule has 6 heteroatoms. The van der Waals surface area contributed by atoms with E-state index in [1.807, 2.05) is 37.3 Å². The summed E-state index contributed by atoms with van der Waals surface area (Å²) in [5.74, 6) is 1.17. The predicted molar refractivity (Wildman–Crippen MR) is 115 cm³/mol. The van der Waals surface area contributed by atoms with Crippen molar-refractivity contribution in [2.75, 3.05) is 6.61 Å². The first-order valence-corrected chi connectivity index (χ1v) is 10.1. The van der Waals surface area contributed by atoms with Crippen molar-refractivity contribution in [3.05, 3.63) is 71.0 Å². The van der Waals surface area contributed by atoms with Crippen LogP contribution < -0.4 is 14.2 Å². The summed E-state index contributed by atoms with van der Waals surface area (Å²) in [5, 5.41) is 0. The number of allylic oxidation sites excluding steroid dienone is 1. The third-order valence-corrected chi connectivity index (χ3v) is 4.73. The van der Waals surface area contributed by atoms with E-state index in [9.17, 15) is 9.59 Å². The lowest BCUT2D eigenvalue weighted by atomic mass is 10.0. The maximum atomic E-state index is 12.8. The minimum Gasteiger partial charge on any atom is -0.485 e. The largest absolute Gasteiger partial charge is 0.485 e. The first-order chi connectivity index (χ1) is 14.7. The summed E-state index contributed by atoms with van der Waals surface area (Å²) in [5.41, 5.74) is 1.66. The second-order valence-electron chi connectivity index (χ2n) is 8.42. The Morgan fingerprint density at radius 2 is 1.90 bits per heavy atom. The quantitative estimate of drug-likeness (QED) is 0.526. The van der Waals surface area contributed by atoms with Crippen molar-refractivity contribution in [2.45, 2.75) is 39.4 Å². The molecule has 4 rings (SSSR count). The van der Waals surface area contributed by atoms with Gasteiger partial charge in [0.25, 0.3) is 0 Å². The highest BCUT2D eigenvalue weighted by Crippen LogP contribution is 2.36. The van der Waals surface area contributed by atoms with Gasteiger partial charge in [-0.25, -0.2) is 4.79 Å². The van der Waals surface area contributed by atoms with Crippen molar-refractivity contribution in [3.8, 4) is 17.2 Å². The molecule has 0 saturated carbocycles. The molecule has 0 amide bonds. The highest BCUT2D eigenvalue weighted by Gasteiger charge is 2.29. The number of carbonyl (C=O) groups is 2. The van der Waals surface area contributed by atoms with Gasteiger partial charge in [0.15, 0.2) is 12.4 Å². The Kier molecular flexibility index (Phi) is 5.31. The number of benzene rings is 2. The Labute approximate surface area is 181 Å². The van der Waals surface area contributed by atoms with E-state index in [4.69, 9.17) is 18.9 Å². The molecule has 0 fully saturated rings. The van der Waals surface area contributed by atoms with Gasteiger partial charge in [0.1, 0.15) is 29.0 Å². The molecule has 2 aliphatic heterocycles. The molecule has 2 heterocycles. The van der Waals surface area contributed by atoms with E-state index in [2.05, 4.69) is 0 Å². The summed E-state index contributed by atoms with van der Waals surface area (Å²) >= 11 is 0. The molecule has 0 saturated heterocycles. The third kappa shape index (κ3) is 4.63. The van der Waals surface area contributed by atoms with E-state index < -0.39 is 11.6 Å². The van der Waals surface area contributed by atoms with Crippen LogP contribution in [0.25, 0.3) is 6.08 Å². The standard InChI is InChI=1S/C25H24O6/c1-15-17(11-16-7-5-6-8-20(16)29-15)12-22-24(27)19-10-9-18(13-21(19)30-22)28-14-23(26)31-25(2,3)4/h5-13,15H,14H2,1-4H3/t15-/m0/s1. The zero-order valence-electron chi connectivity index (χ0n) is 17.9. The lowest BCUT2D eigenvalue weighted by molar-refractivity contribution is -0.157. The Hall–Kier alpha value is -3.54. The molecule has 6 nitrogen and oxygen atoms in total. The number of ether oxygens (including phenoxy) is 4. The number of Topliss-reactive ketones (excluding diaryl/α,β-unsaturated/α-hetero) is 1. The van der Waals surface area contributed by atoms with Gasteiger partial charge in [0.2, 0.25) is 5.78 Å². The number of carbonyl (C=O) groups excluding carboxylic acids is 2. The minimum absolute atomic E-state index is 0.208. The van der Waals surface area contributed by atoms with Crippen molar-refractivity contribution in [3.63, 3.8) is 0 Å². The molecule has 1 atom stereocenters. The molecule has 31 heavy (non-hydrogen) atoms. The maximum Gasteiger partial charge on any atom is 0.344 e. The van der Waals surface area contributed by atoms with Crippen molar-refractivity contribution in [1.29, 1.82) is 0 Å². The number of ketones is 1. The first kappa shape index (κ1) is 20.7. The van der Waals surface area contributed by atoms with Crippen LogP contribution in [0.3, 0.4) is 0 Å². The van der Waals surface area contributed by atoms with E-state index in [0.29, 0.717) is 17.1 Å². The Balaban J connectivity index is 1.49. The van der Waals surface area contributed by atoms with Gasteiger partial charge in [0.05, 0.1) is 5.56 Å². The fraction of sp³-hybridized carbons (Fsp3) is 0.280.